The van der Waals surface area contributed by atoms with Crippen LogP contribution in [0, 0.1) is 6.92 Å². The molecule has 0 bridgehead atoms. The van der Waals surface area contributed by atoms with Crippen molar-refractivity contribution < 1.29 is 9.15 Å². The molecular formula is C22H35N5O2S. The number of guanidine groups is 1. The van der Waals surface area contributed by atoms with Crippen molar-refractivity contribution in [1.29, 1.82) is 0 Å². The third-order valence-electron chi connectivity index (χ3n) is 5.05. The van der Waals surface area contributed by atoms with Gasteiger partial charge in [-0.05, 0) is 26.0 Å². The molecule has 166 valence electrons. The Morgan fingerprint density at radius 3 is 2.63 bits per heavy atom. The third kappa shape index (κ3) is 6.30. The van der Waals surface area contributed by atoms with Crippen molar-refractivity contribution in [2.45, 2.75) is 52.6 Å². The Balaban J connectivity index is 1.67. The van der Waals surface area contributed by atoms with Crippen LogP contribution in [0.1, 0.15) is 55.1 Å². The molecule has 2 N–H and O–H groups in total. The average molecular weight is 434 g/mol. The van der Waals surface area contributed by atoms with E-state index in [4.69, 9.17) is 14.1 Å². The summed E-state index contributed by atoms with van der Waals surface area (Å²) in [7, 11) is 0. The van der Waals surface area contributed by atoms with Gasteiger partial charge in [0.1, 0.15) is 12.3 Å². The van der Waals surface area contributed by atoms with Gasteiger partial charge in [-0.15, -0.1) is 11.3 Å². The lowest BCUT2D eigenvalue weighted by molar-refractivity contribution is 0.0177. The van der Waals surface area contributed by atoms with E-state index in [2.05, 4.69) is 67.3 Å². The van der Waals surface area contributed by atoms with Crippen LogP contribution in [0.4, 0.5) is 0 Å². The van der Waals surface area contributed by atoms with Crippen LogP contribution in [0.5, 0.6) is 0 Å². The molecule has 2 aromatic rings. The predicted molar refractivity (Wildman–Crippen MR) is 122 cm³/mol. The van der Waals surface area contributed by atoms with Gasteiger partial charge in [0, 0.05) is 41.3 Å². The van der Waals surface area contributed by atoms with Crippen molar-refractivity contribution in [3.05, 3.63) is 39.7 Å². The maximum absolute atomic E-state index is 5.88. The van der Waals surface area contributed by atoms with Crippen LogP contribution in [0.3, 0.4) is 0 Å². The molecule has 7 nitrogen and oxygen atoms in total. The summed E-state index contributed by atoms with van der Waals surface area (Å²) in [6, 6.07) is 4.74. The highest BCUT2D eigenvalue weighted by molar-refractivity contribution is 7.12. The summed E-state index contributed by atoms with van der Waals surface area (Å²) < 4.78 is 11.4. The predicted octanol–water partition coefficient (Wildman–Crippen LogP) is 3.47. The smallest absolute Gasteiger partial charge is 0.216 e. The first-order valence-electron chi connectivity index (χ1n) is 10.7. The molecule has 2 aromatic heterocycles. The Kier molecular flexibility index (Phi) is 7.91. The topological polar surface area (TPSA) is 74.9 Å². The molecule has 8 heteroatoms. The van der Waals surface area contributed by atoms with Crippen molar-refractivity contribution in [3.63, 3.8) is 0 Å². The lowest BCUT2D eigenvalue weighted by atomic mass is 9.94. The molecule has 0 saturated carbocycles. The number of hydrogen-bond acceptors (Lipinski definition) is 6. The molecule has 0 aliphatic carbocycles. The number of aromatic nitrogens is 1. The quantitative estimate of drug-likeness (QED) is 0.514. The SMILES string of the molecule is CCNC(=NCc1ncc(C(C)(C)C)o1)NCC(c1ccc(C)s1)N1CCOCC1. The van der Waals surface area contributed by atoms with E-state index in [9.17, 15) is 0 Å². The molecule has 1 saturated heterocycles. The number of thiophene rings is 1. The van der Waals surface area contributed by atoms with Crippen LogP contribution in [0.25, 0.3) is 0 Å². The summed E-state index contributed by atoms with van der Waals surface area (Å²) in [5.41, 5.74) is -0.0536. The molecule has 0 spiro atoms. The van der Waals surface area contributed by atoms with Gasteiger partial charge in [0.05, 0.1) is 25.5 Å². The van der Waals surface area contributed by atoms with Crippen molar-refractivity contribution in [2.24, 2.45) is 4.99 Å². The molecule has 0 aromatic carbocycles. The molecule has 3 rings (SSSR count). The van der Waals surface area contributed by atoms with E-state index in [0.29, 0.717) is 18.5 Å². The van der Waals surface area contributed by atoms with Crippen LogP contribution >= 0.6 is 11.3 Å². The highest BCUT2D eigenvalue weighted by Crippen LogP contribution is 2.28. The van der Waals surface area contributed by atoms with Crippen molar-refractivity contribution in [1.82, 2.24) is 20.5 Å². The minimum absolute atomic E-state index is 0.0536. The highest BCUT2D eigenvalue weighted by Gasteiger charge is 2.24. The van der Waals surface area contributed by atoms with Gasteiger partial charge in [-0.1, -0.05) is 20.8 Å². The van der Waals surface area contributed by atoms with Gasteiger partial charge in [0.15, 0.2) is 5.96 Å². The third-order valence-corrected chi connectivity index (χ3v) is 6.15. The number of aliphatic imine (C=N–C) groups is 1. The van der Waals surface area contributed by atoms with E-state index >= 15 is 0 Å². The lowest BCUT2D eigenvalue weighted by Gasteiger charge is -2.34. The second-order valence-electron chi connectivity index (χ2n) is 8.56. The number of nitrogens with zero attached hydrogens (tertiary/aromatic N) is 3. The van der Waals surface area contributed by atoms with E-state index in [0.717, 1.165) is 51.1 Å². The van der Waals surface area contributed by atoms with Crippen LogP contribution in [0.2, 0.25) is 0 Å². The fourth-order valence-electron chi connectivity index (χ4n) is 3.34. The average Bonchev–Trinajstić information content (AvgIpc) is 3.36. The minimum atomic E-state index is -0.0536. The zero-order valence-electron chi connectivity index (χ0n) is 18.8. The molecule has 0 radical (unpaired) electrons. The molecule has 1 aliphatic rings. The summed E-state index contributed by atoms with van der Waals surface area (Å²) in [6.07, 6.45) is 1.80. The summed E-state index contributed by atoms with van der Waals surface area (Å²) in [4.78, 5) is 14.3. The molecule has 1 atom stereocenters. The number of ether oxygens (including phenoxy) is 1. The fraction of sp³-hybridized carbons (Fsp3) is 0.636. The Morgan fingerprint density at radius 1 is 1.27 bits per heavy atom. The minimum Gasteiger partial charge on any atom is -0.443 e. The Bertz CT molecular complexity index is 818. The van der Waals surface area contributed by atoms with Crippen molar-refractivity contribution >= 4 is 17.3 Å². The van der Waals surface area contributed by atoms with E-state index in [1.807, 2.05) is 11.3 Å². The molecule has 3 heterocycles. The van der Waals surface area contributed by atoms with E-state index in [1.54, 1.807) is 6.20 Å². The van der Waals surface area contributed by atoms with Gasteiger partial charge in [-0.25, -0.2) is 9.98 Å². The van der Waals surface area contributed by atoms with E-state index < -0.39 is 0 Å². The number of rotatable bonds is 7. The first-order chi connectivity index (χ1) is 14.4. The second-order valence-corrected chi connectivity index (χ2v) is 9.88. The number of nitrogens with one attached hydrogen (secondary N) is 2. The molecule has 1 fully saturated rings. The van der Waals surface area contributed by atoms with Gasteiger partial charge < -0.3 is 19.8 Å². The maximum Gasteiger partial charge on any atom is 0.216 e. The molecule has 1 aliphatic heterocycles. The van der Waals surface area contributed by atoms with Gasteiger partial charge in [0.2, 0.25) is 5.89 Å². The first-order valence-corrected chi connectivity index (χ1v) is 11.5. The second kappa shape index (κ2) is 10.4. The van der Waals surface area contributed by atoms with Crippen LogP contribution in [0.15, 0.2) is 27.7 Å². The lowest BCUT2D eigenvalue weighted by Crippen LogP contribution is -2.46. The zero-order chi connectivity index (χ0) is 21.6. The normalized spacial score (nSPS) is 17.2. The summed E-state index contributed by atoms with van der Waals surface area (Å²) in [6.45, 7) is 16.0. The summed E-state index contributed by atoms with van der Waals surface area (Å²) in [5.74, 6) is 2.29. The molecule has 0 amide bonds. The highest BCUT2D eigenvalue weighted by atomic mass is 32.1. The molecular weight excluding hydrogens is 398 g/mol. The van der Waals surface area contributed by atoms with E-state index in [-0.39, 0.29) is 5.41 Å². The molecule has 30 heavy (non-hydrogen) atoms. The van der Waals surface area contributed by atoms with Gasteiger partial charge in [-0.2, -0.15) is 0 Å². The number of hydrogen-bond donors (Lipinski definition) is 2. The first kappa shape index (κ1) is 22.8. The Hall–Kier alpha value is -1.90. The Morgan fingerprint density at radius 2 is 2.03 bits per heavy atom. The van der Waals surface area contributed by atoms with E-state index in [1.165, 1.54) is 9.75 Å². The largest absolute Gasteiger partial charge is 0.443 e. The number of morpholine rings is 1. The van der Waals surface area contributed by atoms with Crippen LogP contribution in [-0.4, -0.2) is 55.2 Å². The standard InChI is InChI=1S/C22H35N5O2S/c1-6-23-21(26-15-20-24-14-19(29-20)22(3,4)5)25-13-17(18-8-7-16(2)30-18)27-9-11-28-12-10-27/h7-8,14,17H,6,9-13,15H2,1-5H3,(H2,23,25,26). The maximum atomic E-state index is 5.88. The Labute approximate surface area is 183 Å². The fourth-order valence-corrected chi connectivity index (χ4v) is 4.36. The van der Waals surface area contributed by atoms with Crippen molar-refractivity contribution in [3.8, 4) is 0 Å². The van der Waals surface area contributed by atoms with Gasteiger partial charge in [0.25, 0.3) is 0 Å². The molecule has 1 unspecified atom stereocenters. The van der Waals surface area contributed by atoms with Gasteiger partial charge in [-0.3, -0.25) is 4.90 Å². The summed E-state index contributed by atoms with van der Waals surface area (Å²) in [5, 5.41) is 6.86. The summed E-state index contributed by atoms with van der Waals surface area (Å²) >= 11 is 1.86. The van der Waals surface area contributed by atoms with Crippen molar-refractivity contribution in [2.75, 3.05) is 39.4 Å². The van der Waals surface area contributed by atoms with Crippen LogP contribution < -0.4 is 10.6 Å². The van der Waals surface area contributed by atoms with Gasteiger partial charge >= 0.3 is 0 Å². The zero-order valence-corrected chi connectivity index (χ0v) is 19.6. The van der Waals surface area contributed by atoms with Crippen LogP contribution in [-0.2, 0) is 16.7 Å². The monoisotopic (exact) mass is 433 g/mol. The number of aryl methyl sites for hydroxylation is 1. The number of oxazole rings is 1.